The minimum absolute atomic E-state index is 0.371. The van der Waals surface area contributed by atoms with E-state index < -0.39 is 5.60 Å². The van der Waals surface area contributed by atoms with Crippen molar-refractivity contribution in [2.45, 2.75) is 32.8 Å². The number of aryl methyl sites for hydroxylation is 1. The number of nitrogens with zero attached hydrogens (tertiary/aromatic N) is 2. The van der Waals surface area contributed by atoms with Crippen molar-refractivity contribution in [2.75, 3.05) is 18.4 Å². The van der Waals surface area contributed by atoms with E-state index in [0.717, 1.165) is 18.7 Å². The van der Waals surface area contributed by atoms with Gasteiger partial charge in [-0.2, -0.15) is 5.10 Å². The van der Waals surface area contributed by atoms with Gasteiger partial charge in [0.2, 0.25) is 0 Å². The van der Waals surface area contributed by atoms with E-state index in [4.69, 9.17) is 4.74 Å². The van der Waals surface area contributed by atoms with E-state index in [1.165, 1.54) is 0 Å². The van der Waals surface area contributed by atoms with Crippen molar-refractivity contribution in [3.05, 3.63) is 12.4 Å². The lowest BCUT2D eigenvalue weighted by Gasteiger charge is -2.19. The number of nitrogens with one attached hydrogen (secondary N) is 2. The Kier molecular flexibility index (Phi) is 5.00. The van der Waals surface area contributed by atoms with Gasteiger partial charge in [-0.1, -0.05) is 0 Å². The van der Waals surface area contributed by atoms with Crippen LogP contribution in [0.4, 0.5) is 10.5 Å². The molecule has 0 spiro atoms. The van der Waals surface area contributed by atoms with Crippen LogP contribution in [-0.2, 0) is 11.8 Å². The third-order valence-corrected chi connectivity index (χ3v) is 2.06. The summed E-state index contributed by atoms with van der Waals surface area (Å²) < 4.78 is 6.86. The van der Waals surface area contributed by atoms with Crippen LogP contribution in [0.3, 0.4) is 0 Å². The molecule has 1 rings (SSSR count). The first-order valence-electron chi connectivity index (χ1n) is 6.06. The molecule has 0 saturated heterocycles. The van der Waals surface area contributed by atoms with Crippen molar-refractivity contribution >= 4 is 11.8 Å². The number of carbonyl (C=O) groups is 1. The molecule has 0 aliphatic carbocycles. The summed E-state index contributed by atoms with van der Waals surface area (Å²) in [6.07, 6.45) is 4.13. The van der Waals surface area contributed by atoms with E-state index in [-0.39, 0.29) is 6.09 Å². The predicted octanol–water partition coefficient (Wildman–Crippen LogP) is 1.75. The molecule has 1 aromatic rings. The van der Waals surface area contributed by atoms with Crippen LogP contribution in [0.25, 0.3) is 0 Å². The normalized spacial score (nSPS) is 11.1. The zero-order valence-electron chi connectivity index (χ0n) is 11.5. The highest BCUT2D eigenvalue weighted by molar-refractivity contribution is 5.67. The number of ether oxygens (including phenoxy) is 1. The van der Waals surface area contributed by atoms with E-state index in [1.807, 2.05) is 34.0 Å². The molecular formula is C12H22N4O2. The summed E-state index contributed by atoms with van der Waals surface area (Å²) in [6, 6.07) is 0. The molecule has 2 N–H and O–H groups in total. The number of aromatic nitrogens is 2. The largest absolute Gasteiger partial charge is 0.444 e. The van der Waals surface area contributed by atoms with Gasteiger partial charge < -0.3 is 15.4 Å². The number of amides is 1. The van der Waals surface area contributed by atoms with Crippen LogP contribution in [0.5, 0.6) is 0 Å². The summed E-state index contributed by atoms with van der Waals surface area (Å²) in [5.41, 5.74) is 0.535. The number of anilines is 1. The zero-order chi connectivity index (χ0) is 13.6. The Morgan fingerprint density at radius 3 is 2.72 bits per heavy atom. The molecule has 0 aliphatic heterocycles. The standard InChI is InChI=1S/C12H22N4O2/c1-12(2,3)18-11(17)14-7-5-6-13-10-8-15-16(4)9-10/h8-9,13H,5-7H2,1-4H3,(H,14,17). The molecular weight excluding hydrogens is 232 g/mol. The fourth-order valence-corrected chi connectivity index (χ4v) is 1.34. The van der Waals surface area contributed by atoms with Crippen molar-refractivity contribution in [1.82, 2.24) is 15.1 Å². The summed E-state index contributed by atoms with van der Waals surface area (Å²) in [5.74, 6) is 0. The SMILES string of the molecule is Cn1cc(NCCCNC(=O)OC(C)(C)C)cn1. The maximum absolute atomic E-state index is 11.3. The molecule has 0 bridgehead atoms. The highest BCUT2D eigenvalue weighted by Crippen LogP contribution is 2.06. The molecule has 102 valence electrons. The fourth-order valence-electron chi connectivity index (χ4n) is 1.34. The molecule has 0 aromatic carbocycles. The molecule has 0 radical (unpaired) electrons. The number of alkyl carbamates (subject to hydrolysis) is 1. The van der Waals surface area contributed by atoms with Gasteiger partial charge in [0.05, 0.1) is 11.9 Å². The molecule has 0 fully saturated rings. The number of rotatable bonds is 5. The second kappa shape index (κ2) is 6.28. The second-order valence-electron chi connectivity index (χ2n) is 5.11. The highest BCUT2D eigenvalue weighted by Gasteiger charge is 2.15. The van der Waals surface area contributed by atoms with Crippen LogP contribution in [0.2, 0.25) is 0 Å². The van der Waals surface area contributed by atoms with Crippen LogP contribution in [0.15, 0.2) is 12.4 Å². The zero-order valence-corrected chi connectivity index (χ0v) is 11.5. The van der Waals surface area contributed by atoms with Crippen molar-refractivity contribution < 1.29 is 9.53 Å². The van der Waals surface area contributed by atoms with Gasteiger partial charge >= 0.3 is 6.09 Å². The van der Waals surface area contributed by atoms with E-state index in [1.54, 1.807) is 10.9 Å². The first-order valence-corrected chi connectivity index (χ1v) is 6.06. The van der Waals surface area contributed by atoms with Crippen LogP contribution in [0.1, 0.15) is 27.2 Å². The molecule has 1 amide bonds. The van der Waals surface area contributed by atoms with Crippen molar-refractivity contribution in [3.8, 4) is 0 Å². The third-order valence-electron chi connectivity index (χ3n) is 2.06. The molecule has 1 aromatic heterocycles. The van der Waals surface area contributed by atoms with Gasteiger partial charge in [-0.3, -0.25) is 4.68 Å². The second-order valence-corrected chi connectivity index (χ2v) is 5.11. The van der Waals surface area contributed by atoms with Gasteiger partial charge in [-0.25, -0.2) is 4.79 Å². The molecule has 6 nitrogen and oxygen atoms in total. The number of hydrogen-bond acceptors (Lipinski definition) is 4. The van der Waals surface area contributed by atoms with Crippen LogP contribution in [0, 0.1) is 0 Å². The Balaban J connectivity index is 2.07. The van der Waals surface area contributed by atoms with Crippen molar-refractivity contribution in [1.29, 1.82) is 0 Å². The third kappa shape index (κ3) is 6.12. The van der Waals surface area contributed by atoms with Gasteiger partial charge in [0.15, 0.2) is 0 Å². The smallest absolute Gasteiger partial charge is 0.407 e. The predicted molar refractivity (Wildman–Crippen MR) is 70.6 cm³/mol. The Morgan fingerprint density at radius 2 is 2.17 bits per heavy atom. The molecule has 0 unspecified atom stereocenters. The van der Waals surface area contributed by atoms with Crippen molar-refractivity contribution in [2.24, 2.45) is 7.05 Å². The molecule has 0 aliphatic rings. The average Bonchev–Trinajstić information content (AvgIpc) is 2.61. The minimum Gasteiger partial charge on any atom is -0.444 e. The fraction of sp³-hybridized carbons (Fsp3) is 0.667. The van der Waals surface area contributed by atoms with E-state index in [2.05, 4.69) is 15.7 Å². The average molecular weight is 254 g/mol. The first kappa shape index (κ1) is 14.3. The summed E-state index contributed by atoms with van der Waals surface area (Å²) in [7, 11) is 1.87. The van der Waals surface area contributed by atoms with Gasteiger partial charge in [-0.05, 0) is 27.2 Å². The first-order chi connectivity index (χ1) is 8.37. The Morgan fingerprint density at radius 1 is 1.44 bits per heavy atom. The monoisotopic (exact) mass is 254 g/mol. The maximum atomic E-state index is 11.3. The summed E-state index contributed by atoms with van der Waals surface area (Å²) in [4.78, 5) is 11.3. The van der Waals surface area contributed by atoms with Gasteiger partial charge in [-0.15, -0.1) is 0 Å². The molecule has 0 atom stereocenters. The van der Waals surface area contributed by atoms with Crippen molar-refractivity contribution in [3.63, 3.8) is 0 Å². The van der Waals surface area contributed by atoms with E-state index in [0.29, 0.717) is 6.54 Å². The van der Waals surface area contributed by atoms with Crippen LogP contribution < -0.4 is 10.6 Å². The Bertz CT molecular complexity index is 382. The Labute approximate surface area is 108 Å². The molecule has 0 saturated carbocycles. The molecule has 18 heavy (non-hydrogen) atoms. The minimum atomic E-state index is -0.446. The topological polar surface area (TPSA) is 68.2 Å². The van der Waals surface area contributed by atoms with Gasteiger partial charge in [0, 0.05) is 26.3 Å². The van der Waals surface area contributed by atoms with Crippen LogP contribution in [-0.4, -0.2) is 34.6 Å². The van der Waals surface area contributed by atoms with E-state index >= 15 is 0 Å². The summed E-state index contributed by atoms with van der Waals surface area (Å²) >= 11 is 0. The van der Waals surface area contributed by atoms with Gasteiger partial charge in [0.25, 0.3) is 0 Å². The molecule has 6 heteroatoms. The van der Waals surface area contributed by atoms with E-state index in [9.17, 15) is 4.79 Å². The lowest BCUT2D eigenvalue weighted by Crippen LogP contribution is -2.33. The highest BCUT2D eigenvalue weighted by atomic mass is 16.6. The van der Waals surface area contributed by atoms with Gasteiger partial charge in [0.1, 0.15) is 5.60 Å². The summed E-state index contributed by atoms with van der Waals surface area (Å²) in [5, 5.41) is 9.97. The Hall–Kier alpha value is -1.72. The maximum Gasteiger partial charge on any atom is 0.407 e. The number of carbonyl (C=O) groups excluding carboxylic acids is 1. The lowest BCUT2D eigenvalue weighted by atomic mass is 10.2. The molecule has 1 heterocycles. The van der Waals surface area contributed by atoms with Crippen LogP contribution >= 0.6 is 0 Å². The number of hydrogen-bond donors (Lipinski definition) is 2. The lowest BCUT2D eigenvalue weighted by molar-refractivity contribution is 0.0528. The quantitative estimate of drug-likeness (QED) is 0.785. The summed E-state index contributed by atoms with van der Waals surface area (Å²) in [6.45, 7) is 6.90.